The molecule has 0 fully saturated rings. The normalized spacial score (nSPS) is 11.7. The van der Waals surface area contributed by atoms with Crippen molar-refractivity contribution in [3.63, 3.8) is 0 Å². The Morgan fingerprint density at radius 1 is 0.871 bits per heavy atom. The first-order valence-corrected chi connectivity index (χ1v) is 10.9. The molecule has 0 aliphatic heterocycles. The summed E-state index contributed by atoms with van der Waals surface area (Å²) < 4.78 is 13.6. The predicted octanol–water partition coefficient (Wildman–Crippen LogP) is 6.96. The number of benzene rings is 3. The molecule has 156 valence electrons. The van der Waals surface area contributed by atoms with Gasteiger partial charge in [-0.05, 0) is 61.4 Å². The molecule has 5 heteroatoms. The average molecular weight is 431 g/mol. The molecule has 2 N–H and O–H groups in total. The van der Waals surface area contributed by atoms with Crippen molar-refractivity contribution in [2.45, 2.75) is 19.9 Å². The van der Waals surface area contributed by atoms with Crippen molar-refractivity contribution in [1.82, 2.24) is 0 Å². The lowest BCUT2D eigenvalue weighted by molar-refractivity contribution is 0.102. The minimum absolute atomic E-state index is 0.152. The van der Waals surface area contributed by atoms with Gasteiger partial charge in [-0.25, -0.2) is 4.39 Å². The molecule has 0 radical (unpaired) electrons. The van der Waals surface area contributed by atoms with Gasteiger partial charge < -0.3 is 10.6 Å². The van der Waals surface area contributed by atoms with Crippen molar-refractivity contribution in [3.05, 3.63) is 118 Å². The third-order valence-electron chi connectivity index (χ3n) is 5.27. The molecule has 0 saturated heterocycles. The van der Waals surface area contributed by atoms with Crippen LogP contribution in [0.4, 0.5) is 15.1 Å². The zero-order chi connectivity index (χ0) is 21.8. The number of hydrogen-bond acceptors (Lipinski definition) is 3. The number of carbonyl (C=O) groups excluding carboxylic acids is 1. The van der Waals surface area contributed by atoms with Gasteiger partial charge in [0.2, 0.25) is 0 Å². The van der Waals surface area contributed by atoms with Gasteiger partial charge in [0.25, 0.3) is 5.91 Å². The predicted molar refractivity (Wildman–Crippen MR) is 126 cm³/mol. The number of nitrogens with one attached hydrogen (secondary N) is 2. The fourth-order valence-corrected chi connectivity index (χ4v) is 4.62. The molecule has 1 amide bonds. The van der Waals surface area contributed by atoms with Gasteiger partial charge >= 0.3 is 0 Å². The highest BCUT2D eigenvalue weighted by molar-refractivity contribution is 7.16. The van der Waals surface area contributed by atoms with Gasteiger partial charge in [0.15, 0.2) is 0 Å². The molecule has 4 rings (SSSR count). The van der Waals surface area contributed by atoms with Gasteiger partial charge in [0, 0.05) is 21.7 Å². The number of rotatable bonds is 6. The average Bonchev–Trinajstić information content (AvgIpc) is 3.07. The summed E-state index contributed by atoms with van der Waals surface area (Å²) in [7, 11) is 0. The third kappa shape index (κ3) is 4.67. The van der Waals surface area contributed by atoms with Crippen molar-refractivity contribution >= 4 is 27.9 Å². The van der Waals surface area contributed by atoms with E-state index < -0.39 is 0 Å². The van der Waals surface area contributed by atoms with E-state index in [1.54, 1.807) is 35.6 Å². The van der Waals surface area contributed by atoms with Crippen LogP contribution in [0, 0.1) is 19.7 Å². The lowest BCUT2D eigenvalue weighted by Crippen LogP contribution is -2.17. The maximum Gasteiger partial charge on any atom is 0.256 e. The van der Waals surface area contributed by atoms with E-state index in [9.17, 15) is 9.18 Å². The van der Waals surface area contributed by atoms with E-state index in [1.165, 1.54) is 12.1 Å². The number of anilines is 2. The summed E-state index contributed by atoms with van der Waals surface area (Å²) in [5.41, 5.74) is 4.56. The molecular weight excluding hydrogens is 407 g/mol. The molecule has 31 heavy (non-hydrogen) atoms. The highest BCUT2D eigenvalue weighted by Crippen LogP contribution is 2.41. The van der Waals surface area contributed by atoms with Gasteiger partial charge in [0.05, 0.1) is 6.04 Å². The summed E-state index contributed by atoms with van der Waals surface area (Å²) in [5.74, 6) is -0.432. The second kappa shape index (κ2) is 9.14. The van der Waals surface area contributed by atoms with E-state index in [0.717, 1.165) is 32.3 Å². The van der Waals surface area contributed by atoms with Crippen LogP contribution in [0.15, 0.2) is 84.9 Å². The van der Waals surface area contributed by atoms with E-state index in [2.05, 4.69) is 17.6 Å². The zero-order valence-corrected chi connectivity index (χ0v) is 18.2. The number of carbonyl (C=O) groups is 1. The fraction of sp³-hybridized carbons (Fsp3) is 0.115. The molecule has 0 aliphatic carbocycles. The van der Waals surface area contributed by atoms with E-state index in [-0.39, 0.29) is 17.8 Å². The van der Waals surface area contributed by atoms with Crippen LogP contribution in [0.3, 0.4) is 0 Å². The molecular formula is C26H23FN2OS. The maximum absolute atomic E-state index is 13.6. The fourth-order valence-electron chi connectivity index (χ4n) is 3.53. The SMILES string of the molecule is Cc1sc(NC(=O)c2ccccc2)c([C@@H](Nc2ccccc2)c2ccc(F)cc2)c1C. The lowest BCUT2D eigenvalue weighted by atomic mass is 9.96. The highest BCUT2D eigenvalue weighted by Gasteiger charge is 2.25. The second-order valence-corrected chi connectivity index (χ2v) is 8.57. The van der Waals surface area contributed by atoms with E-state index >= 15 is 0 Å². The summed E-state index contributed by atoms with van der Waals surface area (Å²) >= 11 is 1.55. The summed E-state index contributed by atoms with van der Waals surface area (Å²) in [6.45, 7) is 4.11. The van der Waals surface area contributed by atoms with Crippen molar-refractivity contribution in [2.75, 3.05) is 10.6 Å². The molecule has 1 heterocycles. The van der Waals surface area contributed by atoms with Crippen molar-refractivity contribution in [3.8, 4) is 0 Å². The largest absolute Gasteiger partial charge is 0.374 e. The van der Waals surface area contributed by atoms with Crippen LogP contribution < -0.4 is 10.6 Å². The Morgan fingerprint density at radius 2 is 1.48 bits per heavy atom. The molecule has 0 spiro atoms. The molecule has 0 aliphatic rings. The Hall–Kier alpha value is -3.44. The molecule has 4 aromatic rings. The number of para-hydroxylation sites is 1. The van der Waals surface area contributed by atoms with E-state index in [1.807, 2.05) is 55.5 Å². The third-order valence-corrected chi connectivity index (χ3v) is 6.41. The summed E-state index contributed by atoms with van der Waals surface area (Å²) in [6, 6.07) is 25.3. The molecule has 1 atom stereocenters. The molecule has 0 bridgehead atoms. The van der Waals surface area contributed by atoms with Crippen LogP contribution in [0.25, 0.3) is 0 Å². The van der Waals surface area contributed by atoms with Gasteiger partial charge in [0.1, 0.15) is 10.8 Å². The first kappa shape index (κ1) is 20.8. The van der Waals surface area contributed by atoms with Crippen LogP contribution in [0.5, 0.6) is 0 Å². The molecule has 1 aromatic heterocycles. The highest BCUT2D eigenvalue weighted by atomic mass is 32.1. The Kier molecular flexibility index (Phi) is 6.14. The molecule has 0 saturated carbocycles. The summed E-state index contributed by atoms with van der Waals surface area (Å²) in [6.07, 6.45) is 0. The Labute approximate surface area is 185 Å². The first-order chi connectivity index (χ1) is 15.0. The number of hydrogen-bond donors (Lipinski definition) is 2. The minimum atomic E-state index is -0.280. The first-order valence-electron chi connectivity index (χ1n) is 10.1. The Balaban J connectivity index is 1.77. The number of halogens is 1. The Bertz CT molecular complexity index is 1170. The Morgan fingerprint density at radius 3 is 2.13 bits per heavy atom. The summed E-state index contributed by atoms with van der Waals surface area (Å²) in [5, 5.41) is 7.47. The topological polar surface area (TPSA) is 41.1 Å². The van der Waals surface area contributed by atoms with Gasteiger partial charge in [-0.2, -0.15) is 0 Å². The monoisotopic (exact) mass is 430 g/mol. The van der Waals surface area contributed by atoms with Crippen molar-refractivity contribution in [2.24, 2.45) is 0 Å². The van der Waals surface area contributed by atoms with Gasteiger partial charge in [-0.15, -0.1) is 11.3 Å². The summed E-state index contributed by atoms with van der Waals surface area (Å²) in [4.78, 5) is 14.0. The minimum Gasteiger partial charge on any atom is -0.374 e. The van der Waals surface area contributed by atoms with Crippen molar-refractivity contribution < 1.29 is 9.18 Å². The maximum atomic E-state index is 13.6. The number of thiophene rings is 1. The van der Waals surface area contributed by atoms with Gasteiger partial charge in [-0.3, -0.25) is 4.79 Å². The van der Waals surface area contributed by atoms with E-state index in [0.29, 0.717) is 5.56 Å². The van der Waals surface area contributed by atoms with Gasteiger partial charge in [-0.1, -0.05) is 48.5 Å². The lowest BCUT2D eigenvalue weighted by Gasteiger charge is -2.23. The number of aryl methyl sites for hydroxylation is 1. The molecule has 3 nitrogen and oxygen atoms in total. The van der Waals surface area contributed by atoms with Crippen LogP contribution in [-0.4, -0.2) is 5.91 Å². The quantitative estimate of drug-likeness (QED) is 0.347. The smallest absolute Gasteiger partial charge is 0.256 e. The van der Waals surface area contributed by atoms with Crippen LogP contribution in [-0.2, 0) is 0 Å². The molecule has 3 aromatic carbocycles. The number of amides is 1. The second-order valence-electron chi connectivity index (χ2n) is 7.34. The van der Waals surface area contributed by atoms with Crippen LogP contribution in [0.2, 0.25) is 0 Å². The van der Waals surface area contributed by atoms with Crippen molar-refractivity contribution in [1.29, 1.82) is 0 Å². The van der Waals surface area contributed by atoms with Crippen LogP contribution >= 0.6 is 11.3 Å². The van der Waals surface area contributed by atoms with Crippen LogP contribution in [0.1, 0.15) is 38.0 Å². The van der Waals surface area contributed by atoms with E-state index in [4.69, 9.17) is 0 Å². The zero-order valence-electron chi connectivity index (χ0n) is 17.4. The standard InChI is InChI=1S/C26H23FN2OS/c1-17-18(2)31-26(29-25(30)20-9-5-3-6-10-20)23(17)24(19-13-15-21(27)16-14-19)28-22-11-7-4-8-12-22/h3-16,24,28H,1-2H3,(H,29,30)/t24-/m0/s1. The molecule has 0 unspecified atom stereocenters.